The monoisotopic (exact) mass is 548 g/mol. The van der Waals surface area contributed by atoms with Gasteiger partial charge in [-0.25, -0.2) is 4.79 Å². The van der Waals surface area contributed by atoms with Crippen LogP contribution in [0.5, 0.6) is 0 Å². The Morgan fingerprint density at radius 1 is 1.00 bits per heavy atom. The maximum Gasteiger partial charge on any atom is 0.329 e. The van der Waals surface area contributed by atoms with Gasteiger partial charge in [0, 0.05) is 19.9 Å². The van der Waals surface area contributed by atoms with Gasteiger partial charge in [0.05, 0.1) is 23.7 Å². The molecule has 2 aromatic carbocycles. The molecule has 3 N–H and O–H groups in total. The number of aromatic nitrogens is 2. The topological polar surface area (TPSA) is 125 Å². The molecular formula is C31H40N4O5. The zero-order valence-electron chi connectivity index (χ0n) is 23.7. The number of amides is 3. The molecule has 4 rings (SSSR count). The SMILES string of the molecule is C[C@@H](CCC(N)=O)[C@@H](C)OCc1ccc(CCCCc2ccc3c(c2)n(C)c(=O)n3C2CCC(=O)NC2=O)cc1. The Balaban J connectivity index is 1.27. The molecule has 0 bridgehead atoms. The van der Waals surface area contributed by atoms with Gasteiger partial charge < -0.3 is 10.5 Å². The minimum Gasteiger partial charge on any atom is -0.374 e. The van der Waals surface area contributed by atoms with Crippen LogP contribution in [0.1, 0.15) is 75.1 Å². The third-order valence-corrected chi connectivity index (χ3v) is 8.04. The number of hydrogen-bond donors (Lipinski definition) is 2. The van der Waals surface area contributed by atoms with E-state index in [9.17, 15) is 19.2 Å². The zero-order valence-corrected chi connectivity index (χ0v) is 23.7. The highest BCUT2D eigenvalue weighted by Crippen LogP contribution is 2.24. The number of unbranched alkanes of at least 4 members (excludes halogenated alkanes) is 1. The predicted octanol–water partition coefficient (Wildman–Crippen LogP) is 3.69. The summed E-state index contributed by atoms with van der Waals surface area (Å²) < 4.78 is 9.09. The van der Waals surface area contributed by atoms with Gasteiger partial charge in [-0.3, -0.25) is 28.8 Å². The van der Waals surface area contributed by atoms with Gasteiger partial charge in [0.25, 0.3) is 0 Å². The summed E-state index contributed by atoms with van der Waals surface area (Å²) in [7, 11) is 1.72. The van der Waals surface area contributed by atoms with Crippen LogP contribution in [0.2, 0.25) is 0 Å². The molecule has 3 aromatic rings. The molecule has 40 heavy (non-hydrogen) atoms. The van der Waals surface area contributed by atoms with Crippen molar-refractivity contribution in [3.63, 3.8) is 0 Å². The van der Waals surface area contributed by atoms with E-state index in [4.69, 9.17) is 10.5 Å². The Morgan fingerprint density at radius 3 is 2.33 bits per heavy atom. The quantitative estimate of drug-likeness (QED) is 0.249. The number of fused-ring (bicyclic) bond motifs is 1. The molecule has 2 heterocycles. The molecule has 9 heteroatoms. The number of carbonyl (C=O) groups is 3. The van der Waals surface area contributed by atoms with Crippen LogP contribution in [0.4, 0.5) is 0 Å². The number of carbonyl (C=O) groups excluding carboxylic acids is 3. The highest BCUT2D eigenvalue weighted by atomic mass is 16.5. The van der Waals surface area contributed by atoms with E-state index >= 15 is 0 Å². The van der Waals surface area contributed by atoms with Crippen LogP contribution >= 0.6 is 0 Å². The van der Waals surface area contributed by atoms with Crippen molar-refractivity contribution in [2.45, 2.75) is 84.0 Å². The van der Waals surface area contributed by atoms with E-state index in [1.807, 2.05) is 25.1 Å². The van der Waals surface area contributed by atoms with E-state index in [1.54, 1.807) is 11.6 Å². The van der Waals surface area contributed by atoms with Crippen LogP contribution < -0.4 is 16.7 Å². The molecule has 9 nitrogen and oxygen atoms in total. The van der Waals surface area contributed by atoms with Gasteiger partial charge in [-0.05, 0) is 80.2 Å². The molecule has 1 saturated heterocycles. The molecule has 1 aromatic heterocycles. The van der Waals surface area contributed by atoms with Crippen molar-refractivity contribution in [1.82, 2.24) is 14.5 Å². The number of benzene rings is 2. The first kappa shape index (κ1) is 29.3. The number of hydrogen-bond acceptors (Lipinski definition) is 5. The number of nitrogens with two attached hydrogens (primary N) is 1. The van der Waals surface area contributed by atoms with Crippen LogP contribution in [-0.4, -0.2) is 33.0 Å². The third-order valence-electron chi connectivity index (χ3n) is 8.04. The molecule has 214 valence electrons. The van der Waals surface area contributed by atoms with E-state index in [1.165, 1.54) is 10.1 Å². The number of rotatable bonds is 13. The van der Waals surface area contributed by atoms with Crippen molar-refractivity contribution in [3.05, 3.63) is 69.6 Å². The second kappa shape index (κ2) is 13.1. The van der Waals surface area contributed by atoms with Gasteiger partial charge >= 0.3 is 5.69 Å². The lowest BCUT2D eigenvalue weighted by Crippen LogP contribution is -2.44. The van der Waals surface area contributed by atoms with Gasteiger partial charge in [0.15, 0.2) is 0 Å². The van der Waals surface area contributed by atoms with E-state index in [0.29, 0.717) is 25.0 Å². The highest BCUT2D eigenvalue weighted by molar-refractivity contribution is 6.00. The summed E-state index contributed by atoms with van der Waals surface area (Å²) in [6.07, 6.45) is 5.66. The minimum atomic E-state index is -0.669. The van der Waals surface area contributed by atoms with E-state index in [0.717, 1.165) is 48.7 Å². The number of imidazole rings is 1. The van der Waals surface area contributed by atoms with Crippen LogP contribution in [0.25, 0.3) is 11.0 Å². The van der Waals surface area contributed by atoms with Gasteiger partial charge in [-0.1, -0.05) is 37.3 Å². The molecule has 0 aliphatic carbocycles. The first-order valence-electron chi connectivity index (χ1n) is 14.1. The first-order valence-corrected chi connectivity index (χ1v) is 14.1. The fourth-order valence-corrected chi connectivity index (χ4v) is 5.25. The number of imide groups is 1. The van der Waals surface area contributed by atoms with Crippen molar-refractivity contribution >= 4 is 28.8 Å². The summed E-state index contributed by atoms with van der Waals surface area (Å²) in [5.41, 5.74) is 10.1. The van der Waals surface area contributed by atoms with Gasteiger partial charge in [-0.2, -0.15) is 0 Å². The van der Waals surface area contributed by atoms with E-state index in [2.05, 4.69) is 36.5 Å². The molecule has 0 saturated carbocycles. The molecule has 3 atom stereocenters. The Hall–Kier alpha value is -3.72. The van der Waals surface area contributed by atoms with E-state index in [-0.39, 0.29) is 35.9 Å². The molecule has 0 spiro atoms. The Bertz CT molecular complexity index is 1420. The molecule has 3 amide bonds. The zero-order chi connectivity index (χ0) is 28.8. The smallest absolute Gasteiger partial charge is 0.329 e. The minimum absolute atomic E-state index is 0.0525. The fourth-order valence-electron chi connectivity index (χ4n) is 5.25. The summed E-state index contributed by atoms with van der Waals surface area (Å²) in [6, 6.07) is 13.8. The molecule has 1 unspecified atom stereocenters. The molecule has 1 aliphatic rings. The molecular weight excluding hydrogens is 508 g/mol. The predicted molar refractivity (Wildman–Crippen MR) is 154 cm³/mol. The molecule has 1 aliphatic heterocycles. The first-order chi connectivity index (χ1) is 19.1. The van der Waals surface area contributed by atoms with Gasteiger partial charge in [-0.15, -0.1) is 0 Å². The van der Waals surface area contributed by atoms with E-state index < -0.39 is 11.9 Å². The van der Waals surface area contributed by atoms with Crippen molar-refractivity contribution < 1.29 is 19.1 Å². The second-order valence-electron chi connectivity index (χ2n) is 11.0. The summed E-state index contributed by atoms with van der Waals surface area (Å²) in [5.74, 6) is -0.722. The summed E-state index contributed by atoms with van der Waals surface area (Å²) in [4.78, 5) is 47.9. The lowest BCUT2D eigenvalue weighted by molar-refractivity contribution is -0.135. The third kappa shape index (κ3) is 7.07. The lowest BCUT2D eigenvalue weighted by atomic mass is 10.00. The van der Waals surface area contributed by atoms with Gasteiger partial charge in [0.1, 0.15) is 6.04 Å². The van der Waals surface area contributed by atoms with Crippen LogP contribution in [0.3, 0.4) is 0 Å². The average molecular weight is 549 g/mol. The summed E-state index contributed by atoms with van der Waals surface area (Å²) >= 11 is 0. The maximum atomic E-state index is 13.0. The summed E-state index contributed by atoms with van der Waals surface area (Å²) in [5, 5.41) is 2.35. The average Bonchev–Trinajstić information content (AvgIpc) is 3.18. The normalized spacial score (nSPS) is 17.1. The number of piperidine rings is 1. The number of nitrogens with one attached hydrogen (secondary N) is 1. The maximum absolute atomic E-state index is 13.0. The standard InChI is InChI=1S/C31H40N4O5/c1-20(8-16-28(32)36)21(2)40-19-24-11-9-22(10-12-24)6-4-5-7-23-13-14-25-27(18-23)34(3)31(39)35(25)26-15-17-29(37)33-30(26)38/h9-14,18,20-21,26H,4-8,15-17,19H2,1-3H3,(H2,32,36)(H,33,37,38)/t20-,21+,26?/m0/s1. The highest BCUT2D eigenvalue weighted by Gasteiger charge is 2.31. The van der Waals surface area contributed by atoms with Crippen LogP contribution in [0, 0.1) is 5.92 Å². The van der Waals surface area contributed by atoms with Crippen molar-refractivity contribution in [2.75, 3.05) is 0 Å². The molecule has 0 radical (unpaired) electrons. The molecule has 1 fully saturated rings. The Morgan fingerprint density at radius 2 is 1.65 bits per heavy atom. The number of primary amides is 1. The summed E-state index contributed by atoms with van der Waals surface area (Å²) in [6.45, 7) is 4.65. The van der Waals surface area contributed by atoms with Crippen LogP contribution in [-0.2, 0) is 45.6 Å². The van der Waals surface area contributed by atoms with Gasteiger partial charge in [0.2, 0.25) is 17.7 Å². The largest absolute Gasteiger partial charge is 0.374 e. The van der Waals surface area contributed by atoms with Crippen molar-refractivity contribution in [3.8, 4) is 0 Å². The Labute approximate surface area is 234 Å². The number of ether oxygens (including phenoxy) is 1. The number of nitrogens with zero attached hydrogens (tertiary/aromatic N) is 2. The number of aryl methyl sites for hydroxylation is 3. The second-order valence-corrected chi connectivity index (χ2v) is 11.0. The van der Waals surface area contributed by atoms with Crippen molar-refractivity contribution in [2.24, 2.45) is 18.7 Å². The Kier molecular flexibility index (Phi) is 9.58. The van der Waals surface area contributed by atoms with Crippen molar-refractivity contribution in [1.29, 1.82) is 0 Å². The fraction of sp³-hybridized carbons (Fsp3) is 0.484. The lowest BCUT2D eigenvalue weighted by Gasteiger charge is -2.21. The van der Waals surface area contributed by atoms with Crippen LogP contribution in [0.15, 0.2) is 47.3 Å².